The first kappa shape index (κ1) is 32.7. The molecule has 0 aliphatic carbocycles. The lowest BCUT2D eigenvalue weighted by atomic mass is 9.75. The molecule has 6 rings (SSSR count). The molecule has 3 aromatic heterocycles. The Labute approximate surface area is 280 Å². The van der Waals surface area contributed by atoms with Crippen molar-refractivity contribution in [3.05, 3.63) is 60.3 Å². The van der Waals surface area contributed by atoms with Crippen LogP contribution in [0, 0.1) is 11.3 Å². The Hall–Kier alpha value is -4.21. The number of fused-ring (bicyclic) bond motifs is 1. The highest BCUT2D eigenvalue weighted by Gasteiger charge is 2.30. The predicted octanol–water partition coefficient (Wildman–Crippen LogP) is 7.48. The van der Waals surface area contributed by atoms with Crippen LogP contribution in [0.1, 0.15) is 33.6 Å². The second-order valence-corrected chi connectivity index (χ2v) is 17.0. The third kappa shape index (κ3) is 6.92. The molecule has 13 heteroatoms. The highest BCUT2D eigenvalue weighted by molar-refractivity contribution is 7.71. The minimum absolute atomic E-state index is 0.284. The number of hydrogen-bond donors (Lipinski definition) is 2. The first-order valence-corrected chi connectivity index (χ1v) is 18.6. The Balaban J connectivity index is 1.35. The van der Waals surface area contributed by atoms with Gasteiger partial charge in [-0.15, -0.1) is 0 Å². The Kier molecular flexibility index (Phi) is 8.89. The lowest BCUT2D eigenvalue weighted by molar-refractivity contribution is 0.199. The molecule has 4 heterocycles. The van der Waals surface area contributed by atoms with E-state index in [4.69, 9.17) is 21.3 Å². The molecule has 0 bridgehead atoms. The molecule has 47 heavy (non-hydrogen) atoms. The monoisotopic (exact) mass is 673 g/mol. The van der Waals surface area contributed by atoms with Crippen molar-refractivity contribution in [2.24, 2.45) is 18.4 Å². The van der Waals surface area contributed by atoms with Crippen LogP contribution in [0.4, 0.5) is 28.8 Å². The van der Waals surface area contributed by atoms with Crippen molar-refractivity contribution >= 4 is 63.9 Å². The Bertz CT molecular complexity index is 1980. The predicted molar refractivity (Wildman–Crippen MR) is 192 cm³/mol. The second kappa shape index (κ2) is 12.8. The van der Waals surface area contributed by atoms with Gasteiger partial charge in [-0.1, -0.05) is 32.4 Å². The Morgan fingerprint density at radius 3 is 2.40 bits per heavy atom. The summed E-state index contributed by atoms with van der Waals surface area (Å²) in [6.07, 6.45) is 10.9. The van der Waals surface area contributed by atoms with Crippen LogP contribution in [0.15, 0.2) is 55.2 Å². The molecule has 0 spiro atoms. The first-order chi connectivity index (χ1) is 22.3. The van der Waals surface area contributed by atoms with E-state index in [9.17, 15) is 4.57 Å². The summed E-state index contributed by atoms with van der Waals surface area (Å²) < 4.78 is 21.2. The van der Waals surface area contributed by atoms with Crippen LogP contribution in [0.2, 0.25) is 5.02 Å². The topological polar surface area (TPSA) is 123 Å². The molecule has 0 radical (unpaired) electrons. The first-order valence-electron chi connectivity index (χ1n) is 15.6. The fraction of sp³-hybridized carbons (Fsp3) is 0.382. The van der Waals surface area contributed by atoms with E-state index in [0.29, 0.717) is 56.2 Å². The normalized spacial score (nSPS) is 14.4. The van der Waals surface area contributed by atoms with E-state index in [2.05, 4.69) is 68.5 Å². The number of benzene rings is 2. The summed E-state index contributed by atoms with van der Waals surface area (Å²) in [6, 6.07) is 7.80. The zero-order valence-corrected chi connectivity index (χ0v) is 29.5. The molecule has 1 fully saturated rings. The summed E-state index contributed by atoms with van der Waals surface area (Å²) >= 11 is 6.59. The fourth-order valence-electron chi connectivity index (χ4n) is 6.31. The summed E-state index contributed by atoms with van der Waals surface area (Å²) in [6.45, 7) is 12.3. The van der Waals surface area contributed by atoms with E-state index >= 15 is 0 Å². The average molecular weight is 674 g/mol. The fourth-order valence-corrected chi connectivity index (χ4v) is 7.84. The molecular formula is C34H41ClN9O2P. The number of methoxy groups -OCH3 is 1. The lowest BCUT2D eigenvalue weighted by Crippen LogP contribution is -2.38. The lowest BCUT2D eigenvalue weighted by Gasteiger charge is -2.40. The number of hydrogen-bond acceptors (Lipinski definition) is 10. The summed E-state index contributed by atoms with van der Waals surface area (Å²) in [4.78, 5) is 20.5. The van der Waals surface area contributed by atoms with Crippen molar-refractivity contribution in [2.75, 3.05) is 49.1 Å². The quantitative estimate of drug-likeness (QED) is 0.160. The molecule has 1 saturated heterocycles. The highest BCUT2D eigenvalue weighted by Crippen LogP contribution is 2.44. The summed E-state index contributed by atoms with van der Waals surface area (Å²) in [5.41, 5.74) is 5.94. The van der Waals surface area contributed by atoms with Gasteiger partial charge in [0, 0.05) is 61.6 Å². The zero-order chi connectivity index (χ0) is 33.5. The second-order valence-electron chi connectivity index (χ2n) is 13.5. The molecule has 2 aromatic carbocycles. The number of halogens is 1. The molecule has 0 atom stereocenters. The molecule has 0 unspecified atom stereocenters. The summed E-state index contributed by atoms with van der Waals surface area (Å²) in [5, 5.41) is 12.0. The molecule has 0 saturated carbocycles. The van der Waals surface area contributed by atoms with E-state index < -0.39 is 7.14 Å². The summed E-state index contributed by atoms with van der Waals surface area (Å²) in [5.74, 6) is 2.00. The molecule has 0 amide bonds. The Morgan fingerprint density at radius 2 is 1.74 bits per heavy atom. The van der Waals surface area contributed by atoms with Gasteiger partial charge in [0.25, 0.3) is 0 Å². The van der Waals surface area contributed by atoms with E-state index in [1.54, 1.807) is 37.5 Å². The van der Waals surface area contributed by atoms with E-state index in [1.807, 2.05) is 31.6 Å². The van der Waals surface area contributed by atoms with Crippen LogP contribution in [0.5, 0.6) is 5.75 Å². The SMILES string of the molecule is COc1cc(N2CCC(C(C)(C)C)CC2)c(-c2cnn(C)c2)cc1Nc1ncc(Cl)c(Nc2ccc3nccnc3c2P(C)(C)=O)n1. The van der Waals surface area contributed by atoms with Crippen molar-refractivity contribution in [2.45, 2.75) is 33.6 Å². The smallest absolute Gasteiger partial charge is 0.229 e. The number of nitrogens with zero attached hydrogens (tertiary/aromatic N) is 7. The van der Waals surface area contributed by atoms with Gasteiger partial charge in [-0.05, 0) is 55.7 Å². The minimum atomic E-state index is -2.79. The van der Waals surface area contributed by atoms with Gasteiger partial charge in [0.2, 0.25) is 5.95 Å². The molecule has 2 N–H and O–H groups in total. The maximum absolute atomic E-state index is 13.4. The number of piperidine rings is 1. The van der Waals surface area contributed by atoms with Crippen LogP contribution in [0.25, 0.3) is 22.2 Å². The number of anilines is 5. The van der Waals surface area contributed by atoms with E-state index in [0.717, 1.165) is 42.7 Å². The van der Waals surface area contributed by atoms with Crippen LogP contribution in [0.3, 0.4) is 0 Å². The molecule has 1 aliphatic heterocycles. The van der Waals surface area contributed by atoms with Crippen molar-refractivity contribution < 1.29 is 9.30 Å². The van der Waals surface area contributed by atoms with Crippen LogP contribution in [-0.2, 0) is 11.6 Å². The number of aromatic nitrogens is 6. The number of aryl methyl sites for hydroxylation is 1. The maximum Gasteiger partial charge on any atom is 0.229 e. The highest BCUT2D eigenvalue weighted by atomic mass is 35.5. The maximum atomic E-state index is 13.4. The molecule has 246 valence electrons. The number of rotatable bonds is 8. The Morgan fingerprint density at radius 1 is 1.00 bits per heavy atom. The van der Waals surface area contributed by atoms with Crippen molar-refractivity contribution in [1.82, 2.24) is 29.7 Å². The van der Waals surface area contributed by atoms with Crippen molar-refractivity contribution in [3.63, 3.8) is 0 Å². The van der Waals surface area contributed by atoms with Gasteiger partial charge < -0.3 is 24.8 Å². The molecule has 5 aromatic rings. The van der Waals surface area contributed by atoms with Gasteiger partial charge >= 0.3 is 0 Å². The van der Waals surface area contributed by atoms with Crippen molar-refractivity contribution in [3.8, 4) is 16.9 Å². The molecule has 1 aliphatic rings. The summed E-state index contributed by atoms with van der Waals surface area (Å²) in [7, 11) is 0.790. The van der Waals surface area contributed by atoms with Gasteiger partial charge in [0.1, 0.15) is 23.4 Å². The van der Waals surface area contributed by atoms with Gasteiger partial charge in [-0.3, -0.25) is 14.6 Å². The van der Waals surface area contributed by atoms with Crippen LogP contribution in [-0.4, -0.2) is 63.2 Å². The van der Waals surface area contributed by atoms with Gasteiger partial charge in [-0.25, -0.2) is 4.98 Å². The van der Waals surface area contributed by atoms with Gasteiger partial charge in [-0.2, -0.15) is 10.1 Å². The van der Waals surface area contributed by atoms with Crippen LogP contribution < -0.4 is 25.6 Å². The number of nitrogens with one attached hydrogen (secondary N) is 2. The minimum Gasteiger partial charge on any atom is -0.494 e. The number of ether oxygens (including phenoxy) is 1. The standard InChI is InChI=1S/C34H41ClN9O2P/c1-34(2,3)22-10-14-44(15-11-22)28-17-29(46-5)27(16-23(28)21-18-39-43(4)20-21)41-33-38-19-24(35)32(42-33)40-26-9-8-25-30(37-13-12-36-25)31(26)47(6,7)45/h8-9,12-13,16-20,22H,10-11,14-15H2,1-7H3,(H2,38,40,41,42). The zero-order valence-electron chi connectivity index (χ0n) is 27.9. The van der Waals surface area contributed by atoms with Crippen molar-refractivity contribution in [1.29, 1.82) is 0 Å². The largest absolute Gasteiger partial charge is 0.494 e. The molecule has 11 nitrogen and oxygen atoms in total. The van der Waals surface area contributed by atoms with Gasteiger partial charge in [0.05, 0.1) is 41.7 Å². The van der Waals surface area contributed by atoms with E-state index in [1.165, 1.54) is 6.20 Å². The van der Waals surface area contributed by atoms with Gasteiger partial charge in [0.15, 0.2) is 5.82 Å². The van der Waals surface area contributed by atoms with E-state index in [-0.39, 0.29) is 5.41 Å². The molecular weight excluding hydrogens is 633 g/mol. The van der Waals surface area contributed by atoms with Crippen LogP contribution >= 0.6 is 18.7 Å². The third-order valence-electron chi connectivity index (χ3n) is 8.79. The average Bonchev–Trinajstić information content (AvgIpc) is 3.47. The third-order valence-corrected chi connectivity index (χ3v) is 10.6.